The van der Waals surface area contributed by atoms with Gasteiger partial charge in [0, 0.05) is 11.4 Å². The van der Waals surface area contributed by atoms with E-state index in [0.29, 0.717) is 6.54 Å². The van der Waals surface area contributed by atoms with E-state index in [2.05, 4.69) is 12.2 Å². The predicted octanol–water partition coefficient (Wildman–Crippen LogP) is 1.73. The van der Waals surface area contributed by atoms with Gasteiger partial charge in [0.05, 0.1) is 11.0 Å². The molecule has 0 spiro atoms. The van der Waals surface area contributed by atoms with Crippen molar-refractivity contribution in [2.24, 2.45) is 0 Å². The summed E-state index contributed by atoms with van der Waals surface area (Å²) in [6.07, 6.45) is 0.451. The van der Waals surface area contributed by atoms with Crippen molar-refractivity contribution in [2.75, 3.05) is 6.54 Å². The van der Waals surface area contributed by atoms with Crippen LogP contribution in [0.4, 0.5) is 0 Å². The molecule has 84 valence electrons. The minimum atomic E-state index is -0.499. The molecule has 0 aliphatic rings. The molecule has 0 aliphatic carbocycles. The van der Waals surface area contributed by atoms with E-state index in [1.165, 1.54) is 21.8 Å². The summed E-state index contributed by atoms with van der Waals surface area (Å²) in [5.41, 5.74) is 1.22. The highest BCUT2D eigenvalue weighted by atomic mass is 32.1. The van der Waals surface area contributed by atoms with Crippen molar-refractivity contribution in [3.8, 4) is 0 Å². The number of thiophene rings is 1. The number of aliphatic hydroxyl groups excluding tert-OH is 1. The van der Waals surface area contributed by atoms with E-state index >= 15 is 0 Å². The Morgan fingerprint density at radius 3 is 2.80 bits per heavy atom. The number of rotatable bonds is 4. The fraction of sp³-hybridized carbons (Fsp3) is 0.545. The third-order valence-electron chi connectivity index (χ3n) is 2.18. The highest BCUT2D eigenvalue weighted by molar-refractivity contribution is 7.14. The number of aryl methyl sites for hydroxylation is 2. The first kappa shape index (κ1) is 12.2. The van der Waals surface area contributed by atoms with Crippen molar-refractivity contribution in [1.82, 2.24) is 5.32 Å². The lowest BCUT2D eigenvalue weighted by molar-refractivity contribution is 0.0928. The molecule has 15 heavy (non-hydrogen) atoms. The fourth-order valence-electron chi connectivity index (χ4n) is 1.31. The molecule has 1 amide bonds. The summed E-state index contributed by atoms with van der Waals surface area (Å²) in [6, 6.07) is 1.93. The molecule has 4 heteroatoms. The molecule has 0 aliphatic heterocycles. The summed E-state index contributed by atoms with van der Waals surface area (Å²) in [4.78, 5) is 13.5. The highest BCUT2D eigenvalue weighted by Gasteiger charge is 2.11. The monoisotopic (exact) mass is 227 g/mol. The quantitative estimate of drug-likeness (QED) is 0.823. The van der Waals surface area contributed by atoms with Crippen molar-refractivity contribution in [3.63, 3.8) is 0 Å². The summed E-state index contributed by atoms with van der Waals surface area (Å²) in [5, 5.41) is 11.7. The third-order valence-corrected chi connectivity index (χ3v) is 3.27. The molecule has 1 aromatic rings. The van der Waals surface area contributed by atoms with Crippen LogP contribution in [-0.2, 0) is 6.42 Å². The minimum absolute atomic E-state index is 0.0938. The van der Waals surface area contributed by atoms with E-state index in [9.17, 15) is 4.79 Å². The first-order valence-electron chi connectivity index (χ1n) is 5.10. The second-order valence-electron chi connectivity index (χ2n) is 3.60. The van der Waals surface area contributed by atoms with Crippen LogP contribution in [0.5, 0.6) is 0 Å². The van der Waals surface area contributed by atoms with E-state index in [1.807, 2.05) is 13.0 Å². The smallest absolute Gasteiger partial charge is 0.261 e. The maximum absolute atomic E-state index is 11.6. The lowest BCUT2D eigenvalue weighted by Gasteiger charge is -2.04. The molecule has 3 nitrogen and oxygen atoms in total. The second-order valence-corrected chi connectivity index (χ2v) is 4.86. The van der Waals surface area contributed by atoms with E-state index in [0.717, 1.165) is 11.3 Å². The van der Waals surface area contributed by atoms with Gasteiger partial charge >= 0.3 is 0 Å². The molecule has 0 fully saturated rings. The van der Waals surface area contributed by atoms with Crippen LogP contribution in [0, 0.1) is 6.92 Å². The lowest BCUT2D eigenvalue weighted by Crippen LogP contribution is -2.29. The largest absolute Gasteiger partial charge is 0.392 e. The Labute approximate surface area is 94.1 Å². The zero-order valence-electron chi connectivity index (χ0n) is 9.33. The van der Waals surface area contributed by atoms with Crippen LogP contribution < -0.4 is 5.32 Å². The Bertz CT molecular complexity index is 344. The Hall–Kier alpha value is -0.870. The maximum Gasteiger partial charge on any atom is 0.261 e. The van der Waals surface area contributed by atoms with E-state index in [1.54, 1.807) is 6.92 Å². The molecule has 1 heterocycles. The van der Waals surface area contributed by atoms with Crippen molar-refractivity contribution >= 4 is 17.2 Å². The first-order valence-corrected chi connectivity index (χ1v) is 5.91. The molecular weight excluding hydrogens is 210 g/mol. The van der Waals surface area contributed by atoms with Gasteiger partial charge in [-0.05, 0) is 31.9 Å². The molecule has 2 N–H and O–H groups in total. The third kappa shape index (κ3) is 3.32. The first-order chi connectivity index (χ1) is 7.04. The van der Waals surface area contributed by atoms with E-state index in [4.69, 9.17) is 5.11 Å². The average Bonchev–Trinajstić information content (AvgIpc) is 2.56. The maximum atomic E-state index is 11.6. The van der Waals surface area contributed by atoms with Crippen LogP contribution in [0.2, 0.25) is 0 Å². The molecule has 0 bridgehead atoms. The van der Waals surface area contributed by atoms with Crippen LogP contribution in [0.25, 0.3) is 0 Å². The van der Waals surface area contributed by atoms with E-state index < -0.39 is 6.10 Å². The van der Waals surface area contributed by atoms with Crippen LogP contribution >= 0.6 is 11.3 Å². The fourth-order valence-corrected chi connectivity index (χ4v) is 2.34. The number of amides is 1. The van der Waals surface area contributed by atoms with Crippen molar-refractivity contribution in [3.05, 3.63) is 21.4 Å². The molecular formula is C11H17NO2S. The number of hydrogen-bond donors (Lipinski definition) is 2. The minimum Gasteiger partial charge on any atom is -0.392 e. The van der Waals surface area contributed by atoms with Crippen LogP contribution in [0.1, 0.15) is 34.0 Å². The summed E-state index contributed by atoms with van der Waals surface area (Å²) < 4.78 is 0. The van der Waals surface area contributed by atoms with Gasteiger partial charge in [0.25, 0.3) is 5.91 Å². The Balaban J connectivity index is 2.66. The van der Waals surface area contributed by atoms with Gasteiger partial charge in [-0.25, -0.2) is 0 Å². The molecule has 1 aromatic heterocycles. The topological polar surface area (TPSA) is 49.3 Å². The highest BCUT2D eigenvalue weighted by Crippen LogP contribution is 2.21. The average molecular weight is 227 g/mol. The van der Waals surface area contributed by atoms with Crippen LogP contribution in [0.3, 0.4) is 0 Å². The molecule has 1 rings (SSSR count). The second kappa shape index (κ2) is 5.28. The molecule has 0 radical (unpaired) electrons. The molecule has 1 unspecified atom stereocenters. The molecule has 1 atom stereocenters. The predicted molar refractivity (Wildman–Crippen MR) is 62.4 cm³/mol. The van der Waals surface area contributed by atoms with Gasteiger partial charge in [0.1, 0.15) is 0 Å². The van der Waals surface area contributed by atoms with Crippen LogP contribution in [-0.4, -0.2) is 23.7 Å². The number of carbonyl (C=O) groups excluding carboxylic acids is 1. The van der Waals surface area contributed by atoms with Gasteiger partial charge in [0.15, 0.2) is 0 Å². The van der Waals surface area contributed by atoms with Gasteiger partial charge in [-0.3, -0.25) is 4.79 Å². The summed E-state index contributed by atoms with van der Waals surface area (Å²) in [6.45, 7) is 6.05. The molecule has 0 saturated heterocycles. The number of nitrogens with one attached hydrogen (secondary N) is 1. The summed E-state index contributed by atoms with van der Waals surface area (Å²) >= 11 is 1.51. The zero-order chi connectivity index (χ0) is 11.4. The van der Waals surface area contributed by atoms with Crippen molar-refractivity contribution in [2.45, 2.75) is 33.3 Å². The number of aliphatic hydroxyl groups is 1. The van der Waals surface area contributed by atoms with Gasteiger partial charge < -0.3 is 10.4 Å². The molecule has 0 aromatic carbocycles. The summed E-state index contributed by atoms with van der Waals surface area (Å²) in [7, 11) is 0. The Kier molecular flexibility index (Phi) is 4.29. The normalized spacial score (nSPS) is 12.5. The van der Waals surface area contributed by atoms with Crippen molar-refractivity contribution in [1.29, 1.82) is 0 Å². The van der Waals surface area contributed by atoms with E-state index in [-0.39, 0.29) is 5.91 Å². The van der Waals surface area contributed by atoms with Crippen molar-refractivity contribution < 1.29 is 9.90 Å². The Morgan fingerprint density at radius 1 is 1.67 bits per heavy atom. The number of carbonyl (C=O) groups is 1. The van der Waals surface area contributed by atoms with Gasteiger partial charge in [-0.2, -0.15) is 0 Å². The zero-order valence-corrected chi connectivity index (χ0v) is 10.1. The Morgan fingerprint density at radius 2 is 2.33 bits per heavy atom. The lowest BCUT2D eigenvalue weighted by atomic mass is 10.2. The van der Waals surface area contributed by atoms with Crippen LogP contribution in [0.15, 0.2) is 6.07 Å². The summed E-state index contributed by atoms with van der Waals surface area (Å²) in [5.74, 6) is -0.0938. The van der Waals surface area contributed by atoms with Gasteiger partial charge in [0.2, 0.25) is 0 Å². The van der Waals surface area contributed by atoms with Gasteiger partial charge in [-0.15, -0.1) is 11.3 Å². The number of hydrogen-bond acceptors (Lipinski definition) is 3. The SMILES string of the molecule is CCc1cc(C(=O)NCC(C)O)sc1C. The standard InChI is InChI=1S/C11H17NO2S/c1-4-9-5-10(15-8(9)3)11(14)12-6-7(2)13/h5,7,13H,4,6H2,1-3H3,(H,12,14). The molecule has 0 saturated carbocycles. The van der Waals surface area contributed by atoms with Gasteiger partial charge in [-0.1, -0.05) is 6.92 Å².